The molecule has 0 aliphatic carbocycles. The SMILES string of the molecule is CC.O=Nc1ccc(/C=N/OC(=O)c2ccncc2)cc1. The van der Waals surface area contributed by atoms with Gasteiger partial charge < -0.3 is 4.84 Å². The highest BCUT2D eigenvalue weighted by molar-refractivity contribution is 5.89. The Morgan fingerprint density at radius 2 is 1.71 bits per heavy atom. The van der Waals surface area contributed by atoms with E-state index in [2.05, 4.69) is 15.3 Å². The van der Waals surface area contributed by atoms with Crippen molar-refractivity contribution >= 4 is 17.9 Å². The minimum absolute atomic E-state index is 0.325. The molecule has 0 atom stereocenters. The molecule has 108 valence electrons. The van der Waals surface area contributed by atoms with Crippen LogP contribution >= 0.6 is 0 Å². The van der Waals surface area contributed by atoms with E-state index in [1.165, 1.54) is 30.7 Å². The molecule has 6 heteroatoms. The van der Waals surface area contributed by atoms with E-state index in [9.17, 15) is 9.70 Å². The first-order chi connectivity index (χ1) is 10.3. The Morgan fingerprint density at radius 1 is 1.10 bits per heavy atom. The predicted octanol–water partition coefficient (Wildman–Crippen LogP) is 3.70. The minimum atomic E-state index is -0.565. The number of benzene rings is 1. The van der Waals surface area contributed by atoms with Crippen molar-refractivity contribution in [2.45, 2.75) is 13.8 Å². The van der Waals surface area contributed by atoms with Crippen molar-refractivity contribution in [2.75, 3.05) is 0 Å². The molecule has 0 unspecified atom stereocenters. The zero-order valence-corrected chi connectivity index (χ0v) is 11.8. The third-order valence-electron chi connectivity index (χ3n) is 2.25. The fraction of sp³-hybridized carbons (Fsp3) is 0.133. The summed E-state index contributed by atoms with van der Waals surface area (Å²) >= 11 is 0. The van der Waals surface area contributed by atoms with E-state index in [4.69, 9.17) is 4.84 Å². The third-order valence-corrected chi connectivity index (χ3v) is 2.25. The molecule has 6 nitrogen and oxygen atoms in total. The summed E-state index contributed by atoms with van der Waals surface area (Å²) in [6.07, 6.45) is 4.35. The summed E-state index contributed by atoms with van der Waals surface area (Å²) in [7, 11) is 0. The van der Waals surface area contributed by atoms with Crippen LogP contribution in [-0.4, -0.2) is 17.2 Å². The first kappa shape index (κ1) is 16.2. The van der Waals surface area contributed by atoms with Crippen LogP contribution in [0, 0.1) is 4.91 Å². The van der Waals surface area contributed by atoms with Crippen molar-refractivity contribution < 1.29 is 9.63 Å². The molecule has 0 fully saturated rings. The Balaban J connectivity index is 0.00000106. The second kappa shape index (κ2) is 9.08. The van der Waals surface area contributed by atoms with E-state index in [1.54, 1.807) is 24.3 Å². The average Bonchev–Trinajstić information content (AvgIpc) is 2.58. The lowest BCUT2D eigenvalue weighted by atomic mass is 10.2. The molecule has 2 aromatic rings. The number of hydrogen-bond donors (Lipinski definition) is 0. The smallest absolute Gasteiger partial charge is 0.313 e. The van der Waals surface area contributed by atoms with Crippen LogP contribution in [0.1, 0.15) is 29.8 Å². The number of rotatable bonds is 4. The highest BCUT2D eigenvalue weighted by Gasteiger charge is 2.04. The Morgan fingerprint density at radius 3 is 2.29 bits per heavy atom. The lowest BCUT2D eigenvalue weighted by Crippen LogP contribution is -2.00. The second-order valence-corrected chi connectivity index (χ2v) is 3.53. The number of oxime groups is 1. The maximum Gasteiger partial charge on any atom is 0.365 e. The summed E-state index contributed by atoms with van der Waals surface area (Å²) in [5, 5.41) is 6.34. The first-order valence-corrected chi connectivity index (χ1v) is 6.38. The Bertz CT molecular complexity index is 595. The van der Waals surface area contributed by atoms with Gasteiger partial charge in [0.1, 0.15) is 5.69 Å². The number of nitrogens with zero attached hydrogens (tertiary/aromatic N) is 3. The van der Waals surface area contributed by atoms with E-state index in [-0.39, 0.29) is 0 Å². The molecule has 1 aromatic carbocycles. The van der Waals surface area contributed by atoms with Crippen molar-refractivity contribution in [3.63, 3.8) is 0 Å². The Kier molecular flexibility index (Phi) is 6.99. The highest BCUT2D eigenvalue weighted by Crippen LogP contribution is 2.11. The van der Waals surface area contributed by atoms with E-state index < -0.39 is 5.97 Å². The monoisotopic (exact) mass is 285 g/mol. The fourth-order valence-corrected chi connectivity index (χ4v) is 1.30. The number of nitroso groups, excluding NO2 is 1. The number of carbonyl (C=O) groups is 1. The van der Waals surface area contributed by atoms with Crippen molar-refractivity contribution in [3.05, 3.63) is 64.8 Å². The van der Waals surface area contributed by atoms with Gasteiger partial charge in [0.05, 0.1) is 11.8 Å². The van der Waals surface area contributed by atoms with Gasteiger partial charge in [-0.15, -0.1) is 4.91 Å². The van der Waals surface area contributed by atoms with Gasteiger partial charge in [-0.05, 0) is 35.0 Å². The van der Waals surface area contributed by atoms with Crippen LogP contribution in [-0.2, 0) is 4.84 Å². The molecule has 0 saturated heterocycles. The molecule has 0 amide bonds. The third kappa shape index (κ3) is 5.32. The van der Waals surface area contributed by atoms with Crippen molar-refractivity contribution in [2.24, 2.45) is 10.3 Å². The minimum Gasteiger partial charge on any atom is -0.313 e. The van der Waals surface area contributed by atoms with Crippen LogP contribution in [0.4, 0.5) is 5.69 Å². The summed E-state index contributed by atoms with van der Waals surface area (Å²) in [5.41, 5.74) is 1.38. The molecule has 0 saturated carbocycles. The van der Waals surface area contributed by atoms with E-state index in [1.807, 2.05) is 13.8 Å². The van der Waals surface area contributed by atoms with Gasteiger partial charge in [0.2, 0.25) is 0 Å². The van der Waals surface area contributed by atoms with Gasteiger partial charge in [-0.1, -0.05) is 31.1 Å². The topological polar surface area (TPSA) is 81.0 Å². The lowest BCUT2D eigenvalue weighted by Gasteiger charge is -1.96. The van der Waals surface area contributed by atoms with Crippen LogP contribution in [0.15, 0.2) is 59.1 Å². The van der Waals surface area contributed by atoms with Crippen molar-refractivity contribution in [1.82, 2.24) is 4.98 Å². The first-order valence-electron chi connectivity index (χ1n) is 6.38. The molecule has 0 radical (unpaired) electrons. The van der Waals surface area contributed by atoms with Crippen LogP contribution < -0.4 is 0 Å². The molecule has 0 aliphatic rings. The average molecular weight is 285 g/mol. The molecule has 2 rings (SSSR count). The quantitative estimate of drug-likeness (QED) is 0.371. The maximum absolute atomic E-state index is 11.5. The Labute approximate surface area is 122 Å². The summed E-state index contributed by atoms with van der Waals surface area (Å²) in [6.45, 7) is 4.00. The fourth-order valence-electron chi connectivity index (χ4n) is 1.30. The van der Waals surface area contributed by atoms with Gasteiger partial charge in [-0.3, -0.25) is 4.98 Å². The molecular weight excluding hydrogens is 270 g/mol. The number of pyridine rings is 1. The normalized spacial score (nSPS) is 9.62. The number of aromatic nitrogens is 1. The molecule has 0 N–H and O–H groups in total. The van der Waals surface area contributed by atoms with Crippen molar-refractivity contribution in [3.8, 4) is 0 Å². The molecule has 0 aliphatic heterocycles. The van der Waals surface area contributed by atoms with Gasteiger partial charge in [-0.2, -0.15) is 0 Å². The number of carbonyl (C=O) groups excluding carboxylic acids is 1. The van der Waals surface area contributed by atoms with Crippen LogP contribution in [0.2, 0.25) is 0 Å². The van der Waals surface area contributed by atoms with Crippen LogP contribution in [0.5, 0.6) is 0 Å². The zero-order valence-electron chi connectivity index (χ0n) is 11.8. The van der Waals surface area contributed by atoms with Gasteiger partial charge >= 0.3 is 5.97 Å². The van der Waals surface area contributed by atoms with Crippen LogP contribution in [0.3, 0.4) is 0 Å². The molecule has 1 heterocycles. The summed E-state index contributed by atoms with van der Waals surface area (Å²) in [5.74, 6) is -0.565. The van der Waals surface area contributed by atoms with E-state index in [0.29, 0.717) is 16.8 Å². The van der Waals surface area contributed by atoms with Gasteiger partial charge in [0.15, 0.2) is 0 Å². The molecule has 0 bridgehead atoms. The van der Waals surface area contributed by atoms with Gasteiger partial charge in [-0.25, -0.2) is 4.79 Å². The van der Waals surface area contributed by atoms with Crippen molar-refractivity contribution in [1.29, 1.82) is 0 Å². The molecular formula is C15H15N3O3. The predicted molar refractivity (Wildman–Crippen MR) is 80.5 cm³/mol. The second-order valence-electron chi connectivity index (χ2n) is 3.53. The van der Waals surface area contributed by atoms with E-state index in [0.717, 1.165) is 0 Å². The molecule has 0 spiro atoms. The standard InChI is InChI=1S/C13H9N3O3.C2H6/c17-13(11-5-7-14-8-6-11)19-15-9-10-1-3-12(16-18)4-2-10;1-2/h1-9H;1-2H3/b15-9+;. The molecule has 1 aromatic heterocycles. The number of hydrogen-bond acceptors (Lipinski definition) is 6. The summed E-state index contributed by atoms with van der Waals surface area (Å²) in [4.78, 5) is 30.2. The summed E-state index contributed by atoms with van der Waals surface area (Å²) in [6, 6.07) is 9.42. The lowest BCUT2D eigenvalue weighted by molar-refractivity contribution is 0.0519. The van der Waals surface area contributed by atoms with Crippen LogP contribution in [0.25, 0.3) is 0 Å². The molecule has 21 heavy (non-hydrogen) atoms. The highest BCUT2D eigenvalue weighted by atomic mass is 16.7. The summed E-state index contributed by atoms with van der Waals surface area (Å²) < 4.78 is 0. The Hall–Kier alpha value is -2.89. The largest absolute Gasteiger partial charge is 0.365 e. The van der Waals surface area contributed by atoms with Gasteiger partial charge in [0.25, 0.3) is 0 Å². The van der Waals surface area contributed by atoms with Gasteiger partial charge in [0, 0.05) is 12.4 Å². The zero-order chi connectivity index (χ0) is 15.5. The van der Waals surface area contributed by atoms with E-state index >= 15 is 0 Å². The maximum atomic E-state index is 11.5.